The maximum atomic E-state index is 13.0. The molecule has 0 aromatic heterocycles. The van der Waals surface area contributed by atoms with Crippen LogP contribution in [0.4, 0.5) is 4.39 Å². The number of piperidine rings is 1. The molecule has 0 spiro atoms. The molecule has 0 radical (unpaired) electrons. The second-order valence-electron chi connectivity index (χ2n) is 5.92. The number of hydrogen-bond donors (Lipinski definition) is 0. The molecule has 3 rings (SSSR count). The van der Waals surface area contributed by atoms with Gasteiger partial charge in [-0.1, -0.05) is 30.3 Å². The van der Waals surface area contributed by atoms with Gasteiger partial charge in [0.15, 0.2) is 0 Å². The fourth-order valence-electron chi connectivity index (χ4n) is 3.09. The molecule has 0 aliphatic carbocycles. The predicted molar refractivity (Wildman–Crippen MR) is 88.1 cm³/mol. The Labute approximate surface area is 141 Å². The molecule has 0 amide bonds. The normalized spacial score (nSPS) is 18.0. The summed E-state index contributed by atoms with van der Waals surface area (Å²) in [5.41, 5.74) is 0.266. The fraction of sp³-hybridized carbons (Fsp3) is 0.278. The molecule has 124 valence electrons. The summed E-state index contributed by atoms with van der Waals surface area (Å²) in [6.45, 7) is 0.532. The summed E-state index contributed by atoms with van der Waals surface area (Å²) in [4.78, 5) is 0.0769. The summed E-state index contributed by atoms with van der Waals surface area (Å²) in [5.74, 6) is -0.472. The van der Waals surface area contributed by atoms with Crippen LogP contribution in [-0.2, 0) is 15.4 Å². The fourth-order valence-corrected chi connectivity index (χ4v) is 4.53. The molecule has 0 bridgehead atoms. The highest BCUT2D eigenvalue weighted by molar-refractivity contribution is 7.89. The Morgan fingerprint density at radius 2 is 1.58 bits per heavy atom. The van der Waals surface area contributed by atoms with Gasteiger partial charge < -0.3 is 0 Å². The highest BCUT2D eigenvalue weighted by Crippen LogP contribution is 2.36. The Bertz CT molecular complexity index is 850. The maximum absolute atomic E-state index is 13.0. The number of halogens is 1. The third-order valence-electron chi connectivity index (χ3n) is 4.57. The summed E-state index contributed by atoms with van der Waals surface area (Å²) in [5, 5.41) is 9.67. The molecule has 1 saturated heterocycles. The lowest BCUT2D eigenvalue weighted by molar-refractivity contribution is 0.277. The zero-order valence-electron chi connectivity index (χ0n) is 13.0. The van der Waals surface area contributed by atoms with Gasteiger partial charge in [-0.15, -0.1) is 0 Å². The number of sulfonamides is 1. The summed E-state index contributed by atoms with van der Waals surface area (Å²) < 4.78 is 39.7. The van der Waals surface area contributed by atoms with Gasteiger partial charge in [-0.2, -0.15) is 9.57 Å². The Morgan fingerprint density at radius 3 is 2.12 bits per heavy atom. The van der Waals surface area contributed by atoms with Gasteiger partial charge in [-0.05, 0) is 42.7 Å². The van der Waals surface area contributed by atoms with Crippen molar-refractivity contribution in [2.75, 3.05) is 13.1 Å². The summed E-state index contributed by atoms with van der Waals surface area (Å²) >= 11 is 0. The predicted octanol–water partition coefficient (Wildman–Crippen LogP) is 3.07. The standard InChI is InChI=1S/C18H17FN2O2S/c19-16-6-8-17(9-7-16)24(22,23)21-12-10-18(14-20,11-13-21)15-4-2-1-3-5-15/h1-9H,10-13H2. The lowest BCUT2D eigenvalue weighted by Crippen LogP contribution is -2.44. The monoisotopic (exact) mass is 344 g/mol. The second-order valence-corrected chi connectivity index (χ2v) is 7.86. The van der Waals surface area contributed by atoms with Gasteiger partial charge in [-0.3, -0.25) is 0 Å². The molecule has 4 nitrogen and oxygen atoms in total. The van der Waals surface area contributed by atoms with Crippen molar-refractivity contribution >= 4 is 10.0 Å². The first-order valence-corrected chi connectivity index (χ1v) is 9.14. The minimum absolute atomic E-state index is 0.0769. The molecule has 0 atom stereocenters. The van der Waals surface area contributed by atoms with Gasteiger partial charge >= 0.3 is 0 Å². The molecule has 0 unspecified atom stereocenters. The molecule has 6 heteroatoms. The Balaban J connectivity index is 1.82. The van der Waals surface area contributed by atoms with Gasteiger partial charge in [0.25, 0.3) is 0 Å². The van der Waals surface area contributed by atoms with Crippen molar-refractivity contribution in [3.05, 3.63) is 66.0 Å². The van der Waals surface area contributed by atoms with Crippen LogP contribution in [0.1, 0.15) is 18.4 Å². The number of hydrogen-bond acceptors (Lipinski definition) is 3. The third kappa shape index (κ3) is 2.93. The number of rotatable bonds is 3. The second kappa shape index (κ2) is 6.34. The molecule has 1 aliphatic heterocycles. The van der Waals surface area contributed by atoms with E-state index in [1.165, 1.54) is 16.4 Å². The van der Waals surface area contributed by atoms with Crippen LogP contribution in [0.5, 0.6) is 0 Å². The number of nitriles is 1. The van der Waals surface area contributed by atoms with E-state index in [9.17, 15) is 18.1 Å². The average Bonchev–Trinajstić information content (AvgIpc) is 2.63. The summed E-state index contributed by atoms with van der Waals surface area (Å²) in [7, 11) is -3.66. The molecule has 2 aromatic rings. The van der Waals surface area contributed by atoms with Crippen LogP contribution in [0, 0.1) is 17.1 Å². The largest absolute Gasteiger partial charge is 0.243 e. The SMILES string of the molecule is N#CC1(c2ccccc2)CCN(S(=O)(=O)c2ccc(F)cc2)CC1. The van der Waals surface area contributed by atoms with Crippen molar-refractivity contribution in [2.24, 2.45) is 0 Å². The van der Waals surface area contributed by atoms with Gasteiger partial charge in [-0.25, -0.2) is 12.8 Å². The summed E-state index contributed by atoms with van der Waals surface area (Å²) in [6, 6.07) is 16.7. The summed E-state index contributed by atoms with van der Waals surface area (Å²) in [6.07, 6.45) is 0.877. The van der Waals surface area contributed by atoms with E-state index in [1.807, 2.05) is 30.3 Å². The van der Waals surface area contributed by atoms with E-state index in [1.54, 1.807) is 0 Å². The van der Waals surface area contributed by atoms with E-state index >= 15 is 0 Å². The maximum Gasteiger partial charge on any atom is 0.243 e. The van der Waals surface area contributed by atoms with Crippen molar-refractivity contribution in [3.8, 4) is 6.07 Å². The van der Waals surface area contributed by atoms with Crippen LogP contribution >= 0.6 is 0 Å². The van der Waals surface area contributed by atoms with Gasteiger partial charge in [0.05, 0.1) is 16.4 Å². The first-order chi connectivity index (χ1) is 11.5. The highest BCUT2D eigenvalue weighted by atomic mass is 32.2. The van der Waals surface area contributed by atoms with Crippen LogP contribution in [0.3, 0.4) is 0 Å². The Hall–Kier alpha value is -2.23. The minimum Gasteiger partial charge on any atom is -0.207 e. The van der Waals surface area contributed by atoms with Crippen LogP contribution < -0.4 is 0 Å². The minimum atomic E-state index is -3.66. The topological polar surface area (TPSA) is 61.2 Å². The molecule has 1 aliphatic rings. The zero-order chi connectivity index (χ0) is 17.2. The van der Waals surface area contributed by atoms with Gasteiger partial charge in [0.2, 0.25) is 10.0 Å². The van der Waals surface area contributed by atoms with E-state index in [2.05, 4.69) is 6.07 Å². The van der Waals surface area contributed by atoms with Gasteiger partial charge in [0.1, 0.15) is 5.82 Å². The van der Waals surface area contributed by atoms with E-state index in [-0.39, 0.29) is 18.0 Å². The van der Waals surface area contributed by atoms with Crippen molar-refractivity contribution in [3.63, 3.8) is 0 Å². The average molecular weight is 344 g/mol. The van der Waals surface area contributed by atoms with Crippen LogP contribution in [0.2, 0.25) is 0 Å². The van der Waals surface area contributed by atoms with Crippen LogP contribution in [-0.4, -0.2) is 25.8 Å². The molecule has 1 fully saturated rings. The highest BCUT2D eigenvalue weighted by Gasteiger charge is 2.39. The first-order valence-electron chi connectivity index (χ1n) is 7.70. The quantitative estimate of drug-likeness (QED) is 0.860. The zero-order valence-corrected chi connectivity index (χ0v) is 13.8. The molecular formula is C18H17FN2O2S. The lowest BCUT2D eigenvalue weighted by Gasteiger charge is -2.36. The van der Waals surface area contributed by atoms with E-state index in [0.717, 1.165) is 17.7 Å². The first kappa shape index (κ1) is 16.6. The molecule has 0 saturated carbocycles. The van der Waals surface area contributed by atoms with Crippen LogP contribution in [0.15, 0.2) is 59.5 Å². The van der Waals surface area contributed by atoms with Crippen molar-refractivity contribution in [1.29, 1.82) is 5.26 Å². The van der Waals surface area contributed by atoms with Crippen molar-refractivity contribution in [1.82, 2.24) is 4.31 Å². The third-order valence-corrected chi connectivity index (χ3v) is 6.48. The smallest absolute Gasteiger partial charge is 0.207 e. The molecule has 1 heterocycles. The van der Waals surface area contributed by atoms with Crippen molar-refractivity contribution in [2.45, 2.75) is 23.2 Å². The van der Waals surface area contributed by atoms with Gasteiger partial charge in [0, 0.05) is 13.1 Å². The molecule has 0 N–H and O–H groups in total. The Morgan fingerprint density at radius 1 is 1.00 bits per heavy atom. The van der Waals surface area contributed by atoms with E-state index < -0.39 is 21.3 Å². The van der Waals surface area contributed by atoms with Crippen molar-refractivity contribution < 1.29 is 12.8 Å². The number of nitrogens with zero attached hydrogens (tertiary/aromatic N) is 2. The number of benzene rings is 2. The molecule has 2 aromatic carbocycles. The van der Waals surface area contributed by atoms with Crippen LogP contribution in [0.25, 0.3) is 0 Å². The Kier molecular flexibility index (Phi) is 4.39. The molecule has 24 heavy (non-hydrogen) atoms. The molecular weight excluding hydrogens is 327 g/mol. The van der Waals surface area contributed by atoms with E-state index in [4.69, 9.17) is 0 Å². The van der Waals surface area contributed by atoms with E-state index in [0.29, 0.717) is 12.8 Å². The lowest BCUT2D eigenvalue weighted by atomic mass is 9.74.